The summed E-state index contributed by atoms with van der Waals surface area (Å²) in [5.74, 6) is -0.263. The third-order valence-electron chi connectivity index (χ3n) is 3.31. The van der Waals surface area contributed by atoms with E-state index in [1.54, 1.807) is 0 Å². The number of hydrogen-bond acceptors (Lipinski definition) is 2. The number of halogens is 1. The Kier molecular flexibility index (Phi) is 4.81. The molecule has 0 saturated carbocycles. The number of carbonyl (C=O) groups is 1. The highest BCUT2D eigenvalue weighted by atomic mass is 35.5. The van der Waals surface area contributed by atoms with Crippen LogP contribution in [0.4, 0.5) is 0 Å². The van der Waals surface area contributed by atoms with E-state index >= 15 is 0 Å². The summed E-state index contributed by atoms with van der Waals surface area (Å²) >= 11 is 5.74. The quantitative estimate of drug-likeness (QED) is 0.911. The maximum absolute atomic E-state index is 12.2. The lowest BCUT2D eigenvalue weighted by Crippen LogP contribution is -2.28. The molecule has 0 unspecified atom stereocenters. The van der Waals surface area contributed by atoms with Gasteiger partial charge >= 0.3 is 0 Å². The minimum Gasteiger partial charge on any atom is -0.345 e. The summed E-state index contributed by atoms with van der Waals surface area (Å²) in [4.78, 5) is 25.9. The van der Waals surface area contributed by atoms with Crippen molar-refractivity contribution in [2.75, 3.05) is 0 Å². The van der Waals surface area contributed by atoms with Crippen molar-refractivity contribution in [1.82, 2.24) is 10.3 Å². The van der Waals surface area contributed by atoms with Gasteiger partial charge in [-0.3, -0.25) is 9.59 Å². The van der Waals surface area contributed by atoms with E-state index in [0.29, 0.717) is 5.56 Å². The van der Waals surface area contributed by atoms with Crippen LogP contribution >= 0.6 is 11.6 Å². The van der Waals surface area contributed by atoms with Gasteiger partial charge in [0.1, 0.15) is 5.02 Å². The Morgan fingerprint density at radius 3 is 2.57 bits per heavy atom. The number of benzene rings is 1. The first kappa shape index (κ1) is 15.3. The zero-order valence-electron chi connectivity index (χ0n) is 11.9. The van der Waals surface area contributed by atoms with E-state index in [9.17, 15) is 9.59 Å². The van der Waals surface area contributed by atoms with E-state index < -0.39 is 5.56 Å². The zero-order valence-corrected chi connectivity index (χ0v) is 12.7. The zero-order chi connectivity index (χ0) is 15.4. The Bertz CT molecular complexity index is 692. The first-order valence-electron chi connectivity index (χ1n) is 6.77. The SMILES string of the molecule is CC[C@@H](NC(=O)c1c[nH]c(=O)c(Cl)c1)c1ccc(C)cc1. The van der Waals surface area contributed by atoms with Gasteiger partial charge in [0.2, 0.25) is 0 Å². The van der Waals surface area contributed by atoms with Crippen LogP contribution in [-0.2, 0) is 0 Å². The van der Waals surface area contributed by atoms with E-state index in [1.165, 1.54) is 17.8 Å². The van der Waals surface area contributed by atoms with Gasteiger partial charge in [0.25, 0.3) is 11.5 Å². The van der Waals surface area contributed by atoms with Crippen molar-refractivity contribution >= 4 is 17.5 Å². The predicted molar refractivity (Wildman–Crippen MR) is 83.7 cm³/mol. The first-order chi connectivity index (χ1) is 10.0. The molecule has 110 valence electrons. The summed E-state index contributed by atoms with van der Waals surface area (Å²) < 4.78 is 0. The molecule has 1 aromatic carbocycles. The van der Waals surface area contributed by atoms with Gasteiger partial charge in [-0.15, -0.1) is 0 Å². The minimum absolute atomic E-state index is 0.00559. The Balaban J connectivity index is 2.17. The number of hydrogen-bond donors (Lipinski definition) is 2. The third kappa shape index (κ3) is 3.73. The van der Waals surface area contributed by atoms with Gasteiger partial charge in [-0.2, -0.15) is 0 Å². The largest absolute Gasteiger partial charge is 0.345 e. The summed E-state index contributed by atoms with van der Waals surface area (Å²) in [5, 5.41) is 2.95. The number of aromatic amines is 1. The van der Waals surface area contributed by atoms with Gasteiger partial charge in [0.05, 0.1) is 11.6 Å². The average molecular weight is 305 g/mol. The lowest BCUT2D eigenvalue weighted by atomic mass is 10.0. The molecule has 2 aromatic rings. The minimum atomic E-state index is -0.404. The summed E-state index contributed by atoms with van der Waals surface area (Å²) in [6.07, 6.45) is 2.14. The molecule has 2 rings (SSSR count). The van der Waals surface area contributed by atoms with Crippen LogP contribution in [0.3, 0.4) is 0 Å². The van der Waals surface area contributed by atoms with Crippen molar-refractivity contribution in [2.45, 2.75) is 26.3 Å². The number of aryl methyl sites for hydroxylation is 1. The Hall–Kier alpha value is -2.07. The second kappa shape index (κ2) is 6.59. The fourth-order valence-electron chi connectivity index (χ4n) is 2.05. The van der Waals surface area contributed by atoms with Crippen molar-refractivity contribution in [1.29, 1.82) is 0 Å². The van der Waals surface area contributed by atoms with Crippen LogP contribution in [-0.4, -0.2) is 10.9 Å². The summed E-state index contributed by atoms with van der Waals surface area (Å²) in [6.45, 7) is 4.02. The molecule has 21 heavy (non-hydrogen) atoms. The van der Waals surface area contributed by atoms with Crippen LogP contribution in [0.25, 0.3) is 0 Å². The van der Waals surface area contributed by atoms with Crippen LogP contribution in [0.2, 0.25) is 5.02 Å². The van der Waals surface area contributed by atoms with Crippen molar-refractivity contribution in [3.05, 3.63) is 68.6 Å². The number of nitrogens with one attached hydrogen (secondary N) is 2. The molecule has 0 spiro atoms. The van der Waals surface area contributed by atoms with Gasteiger partial charge in [-0.25, -0.2) is 0 Å². The summed E-state index contributed by atoms with van der Waals surface area (Å²) in [7, 11) is 0. The molecule has 0 radical (unpaired) electrons. The maximum atomic E-state index is 12.2. The maximum Gasteiger partial charge on any atom is 0.266 e. The molecule has 1 atom stereocenters. The van der Waals surface area contributed by atoms with Crippen LogP contribution in [0, 0.1) is 6.92 Å². The van der Waals surface area contributed by atoms with Crippen LogP contribution in [0.5, 0.6) is 0 Å². The molecule has 1 aromatic heterocycles. The fraction of sp³-hybridized carbons (Fsp3) is 0.250. The molecular formula is C16H17ClN2O2. The monoisotopic (exact) mass is 304 g/mol. The number of amides is 1. The smallest absolute Gasteiger partial charge is 0.266 e. The molecule has 0 fully saturated rings. The molecule has 0 aliphatic rings. The summed E-state index contributed by atoms with van der Waals surface area (Å²) in [6, 6.07) is 9.33. The molecule has 0 aliphatic carbocycles. The third-order valence-corrected chi connectivity index (χ3v) is 3.59. The van der Waals surface area contributed by atoms with Gasteiger partial charge < -0.3 is 10.3 Å². The van der Waals surface area contributed by atoms with Crippen LogP contribution in [0.1, 0.15) is 40.9 Å². The van der Waals surface area contributed by atoms with E-state index in [0.717, 1.165) is 12.0 Å². The Morgan fingerprint density at radius 1 is 1.33 bits per heavy atom. The molecular weight excluding hydrogens is 288 g/mol. The fourth-order valence-corrected chi connectivity index (χ4v) is 2.22. The standard InChI is InChI=1S/C16H17ClN2O2/c1-3-14(11-6-4-10(2)5-7-11)19-15(20)12-8-13(17)16(21)18-9-12/h4-9,14H,3H2,1-2H3,(H,18,21)(H,19,20)/t14-/m1/s1. The van der Waals surface area contributed by atoms with Crippen molar-refractivity contribution < 1.29 is 4.79 Å². The predicted octanol–water partition coefficient (Wildman–Crippen LogP) is 3.22. The lowest BCUT2D eigenvalue weighted by Gasteiger charge is -2.17. The van der Waals surface area contributed by atoms with Gasteiger partial charge in [-0.05, 0) is 25.0 Å². The molecule has 0 aliphatic heterocycles. The van der Waals surface area contributed by atoms with E-state index in [-0.39, 0.29) is 17.0 Å². The molecule has 0 saturated heterocycles. The number of aromatic nitrogens is 1. The normalized spacial score (nSPS) is 12.0. The summed E-state index contributed by atoms with van der Waals surface area (Å²) in [5.41, 5.74) is 2.16. The highest BCUT2D eigenvalue weighted by Crippen LogP contribution is 2.18. The average Bonchev–Trinajstić information content (AvgIpc) is 2.48. The topological polar surface area (TPSA) is 62.0 Å². The number of H-pyrrole nitrogens is 1. The van der Waals surface area contributed by atoms with E-state index in [4.69, 9.17) is 11.6 Å². The molecule has 4 nitrogen and oxygen atoms in total. The molecule has 1 amide bonds. The first-order valence-corrected chi connectivity index (χ1v) is 7.14. The number of pyridine rings is 1. The van der Waals surface area contributed by atoms with Crippen LogP contribution in [0.15, 0.2) is 41.3 Å². The number of carbonyl (C=O) groups excluding carboxylic acids is 1. The molecule has 5 heteroatoms. The van der Waals surface area contributed by atoms with Crippen molar-refractivity contribution in [3.8, 4) is 0 Å². The Labute approximate surface area is 128 Å². The van der Waals surface area contributed by atoms with Gasteiger partial charge in [-0.1, -0.05) is 48.4 Å². The van der Waals surface area contributed by atoms with Crippen LogP contribution < -0.4 is 10.9 Å². The molecule has 0 bridgehead atoms. The van der Waals surface area contributed by atoms with Gasteiger partial charge in [0, 0.05) is 6.20 Å². The highest BCUT2D eigenvalue weighted by molar-refractivity contribution is 6.30. The second-order valence-electron chi connectivity index (χ2n) is 4.91. The molecule has 1 heterocycles. The van der Waals surface area contributed by atoms with E-state index in [2.05, 4.69) is 10.3 Å². The van der Waals surface area contributed by atoms with Crippen molar-refractivity contribution in [2.24, 2.45) is 0 Å². The Morgan fingerprint density at radius 2 is 2.00 bits per heavy atom. The number of rotatable bonds is 4. The van der Waals surface area contributed by atoms with E-state index in [1.807, 2.05) is 38.1 Å². The van der Waals surface area contributed by atoms with Crippen molar-refractivity contribution in [3.63, 3.8) is 0 Å². The lowest BCUT2D eigenvalue weighted by molar-refractivity contribution is 0.0935. The molecule has 2 N–H and O–H groups in total. The second-order valence-corrected chi connectivity index (χ2v) is 5.32. The van der Waals surface area contributed by atoms with Gasteiger partial charge in [0.15, 0.2) is 0 Å². The highest BCUT2D eigenvalue weighted by Gasteiger charge is 2.15.